The van der Waals surface area contributed by atoms with Gasteiger partial charge in [0.2, 0.25) is 0 Å². The summed E-state index contributed by atoms with van der Waals surface area (Å²) in [4.78, 5) is 15.2. The minimum atomic E-state index is 0.588. The van der Waals surface area contributed by atoms with Crippen LogP contribution in [0.15, 0.2) is 24.7 Å². The van der Waals surface area contributed by atoms with Gasteiger partial charge in [0.1, 0.15) is 5.52 Å². The Labute approximate surface area is 101 Å². The Morgan fingerprint density at radius 1 is 1.06 bits per heavy atom. The molecule has 1 aliphatic rings. The van der Waals surface area contributed by atoms with Gasteiger partial charge in [-0.1, -0.05) is 6.92 Å². The number of nitrogens with zero attached hydrogens (tertiary/aromatic N) is 4. The number of pyridine rings is 1. The minimum absolute atomic E-state index is 0.588. The Morgan fingerprint density at radius 3 is 2.59 bits per heavy atom. The Bertz CT molecular complexity index is 512. The lowest BCUT2D eigenvalue weighted by Gasteiger charge is -2.32. The molecule has 0 aromatic carbocycles. The normalized spacial score (nSPS) is 17.6. The highest BCUT2D eigenvalue weighted by molar-refractivity contribution is 5.84. The number of rotatable bonds is 1. The van der Waals surface area contributed by atoms with Crippen LogP contribution in [-0.2, 0) is 0 Å². The summed E-state index contributed by atoms with van der Waals surface area (Å²) in [5, 5.41) is 0. The second-order valence-corrected chi connectivity index (χ2v) is 4.49. The maximum atomic E-state index is 4.39. The zero-order valence-electron chi connectivity index (χ0n) is 9.71. The zero-order valence-corrected chi connectivity index (χ0v) is 9.71. The van der Waals surface area contributed by atoms with E-state index >= 15 is 0 Å². The van der Waals surface area contributed by atoms with Gasteiger partial charge in [-0.15, -0.1) is 0 Å². The summed E-state index contributed by atoms with van der Waals surface area (Å²) in [6, 6.07) is 2.03. The lowest BCUT2D eigenvalue weighted by atomic mass is 9.99. The van der Waals surface area contributed by atoms with Gasteiger partial charge in [-0.3, -0.25) is 0 Å². The third-order valence-corrected chi connectivity index (χ3v) is 3.31. The van der Waals surface area contributed by atoms with Gasteiger partial charge in [-0.05, 0) is 24.8 Å². The number of piperidine rings is 1. The van der Waals surface area contributed by atoms with E-state index in [-0.39, 0.29) is 0 Å². The molecule has 0 saturated carbocycles. The second-order valence-electron chi connectivity index (χ2n) is 4.49. The molecule has 4 nitrogen and oxygen atoms in total. The molecule has 1 fully saturated rings. The average molecular weight is 227 g/mol. The molecule has 0 N–H and O–H groups in total. The van der Waals surface area contributed by atoms with Gasteiger partial charge in [-0.2, -0.15) is 0 Å². The van der Waals surface area contributed by atoms with Crippen LogP contribution >= 0.6 is 0 Å². The number of hydrogen-bond acceptors (Lipinski definition) is 4. The summed E-state index contributed by atoms with van der Waals surface area (Å²) < 4.78 is 0. The predicted molar refractivity (Wildman–Crippen MR) is 67.6 cm³/mol. The number of hydrogen-bond donors (Lipinski definition) is 0. The molecular formula is C13H15N4. The third kappa shape index (κ3) is 1.95. The highest BCUT2D eigenvalue weighted by Crippen LogP contribution is 2.26. The summed E-state index contributed by atoms with van der Waals surface area (Å²) in [6.45, 7) is 6.21. The highest BCUT2D eigenvalue weighted by Gasteiger charge is 2.18. The summed E-state index contributed by atoms with van der Waals surface area (Å²) >= 11 is 0. The van der Waals surface area contributed by atoms with Crippen molar-refractivity contribution < 1.29 is 0 Å². The largest absolute Gasteiger partial charge is 0.370 e. The van der Waals surface area contributed by atoms with E-state index < -0.39 is 0 Å². The molecule has 0 aliphatic carbocycles. The van der Waals surface area contributed by atoms with Crippen molar-refractivity contribution in [3.63, 3.8) is 0 Å². The molecule has 2 aromatic rings. The number of fused-ring (bicyclic) bond motifs is 1. The monoisotopic (exact) mass is 227 g/mol. The third-order valence-electron chi connectivity index (χ3n) is 3.31. The first kappa shape index (κ1) is 10.4. The van der Waals surface area contributed by atoms with Crippen LogP contribution in [0.25, 0.3) is 11.2 Å². The fourth-order valence-corrected chi connectivity index (χ4v) is 2.29. The summed E-state index contributed by atoms with van der Waals surface area (Å²) in [7, 11) is 0. The van der Waals surface area contributed by atoms with Crippen LogP contribution in [0.5, 0.6) is 0 Å². The fraction of sp³-hybridized carbons (Fsp3) is 0.385. The van der Waals surface area contributed by atoms with Crippen LogP contribution in [0, 0.1) is 12.8 Å². The smallest absolute Gasteiger partial charge is 0.180 e. The van der Waals surface area contributed by atoms with Crippen molar-refractivity contribution in [3.8, 4) is 0 Å². The van der Waals surface area contributed by atoms with Crippen LogP contribution in [0.1, 0.15) is 12.8 Å². The molecule has 1 aliphatic heterocycles. The van der Waals surface area contributed by atoms with E-state index in [0.29, 0.717) is 5.92 Å². The molecule has 4 heteroatoms. The first-order chi connectivity index (χ1) is 8.34. The molecule has 87 valence electrons. The molecule has 2 aromatic heterocycles. The molecule has 0 spiro atoms. The van der Waals surface area contributed by atoms with Gasteiger partial charge in [0.15, 0.2) is 5.65 Å². The van der Waals surface area contributed by atoms with Crippen LogP contribution in [0.3, 0.4) is 0 Å². The van der Waals surface area contributed by atoms with Gasteiger partial charge in [0, 0.05) is 31.7 Å². The Kier molecular flexibility index (Phi) is 2.63. The van der Waals surface area contributed by atoms with Crippen molar-refractivity contribution in [2.45, 2.75) is 12.8 Å². The number of aromatic nitrogens is 3. The van der Waals surface area contributed by atoms with E-state index in [1.165, 1.54) is 0 Å². The zero-order chi connectivity index (χ0) is 11.7. The van der Waals surface area contributed by atoms with Crippen molar-refractivity contribution >= 4 is 16.9 Å². The quantitative estimate of drug-likeness (QED) is 0.748. The lowest BCUT2D eigenvalue weighted by Crippen LogP contribution is -2.33. The molecule has 0 bridgehead atoms. The average Bonchev–Trinajstić information content (AvgIpc) is 2.39. The summed E-state index contributed by atoms with van der Waals surface area (Å²) in [5.74, 6) is 0.588. The Balaban J connectivity index is 2.00. The molecule has 17 heavy (non-hydrogen) atoms. The van der Waals surface area contributed by atoms with Gasteiger partial charge in [0.25, 0.3) is 0 Å². The van der Waals surface area contributed by atoms with E-state index in [0.717, 1.165) is 42.8 Å². The molecule has 0 atom stereocenters. The molecule has 3 rings (SSSR count). The van der Waals surface area contributed by atoms with Crippen molar-refractivity contribution in [2.24, 2.45) is 5.92 Å². The maximum absolute atomic E-state index is 4.39. The SMILES string of the molecule is [CH2]C1CCN(c2ccnc3nccnc23)CC1. The molecule has 0 unspecified atom stereocenters. The van der Waals surface area contributed by atoms with Crippen LogP contribution in [0.4, 0.5) is 5.69 Å². The highest BCUT2D eigenvalue weighted by atomic mass is 15.1. The van der Waals surface area contributed by atoms with Gasteiger partial charge >= 0.3 is 0 Å². The fourth-order valence-electron chi connectivity index (χ4n) is 2.29. The van der Waals surface area contributed by atoms with Gasteiger partial charge in [0.05, 0.1) is 5.69 Å². The van der Waals surface area contributed by atoms with Crippen LogP contribution in [-0.4, -0.2) is 28.0 Å². The predicted octanol–water partition coefficient (Wildman–Crippen LogP) is 2.08. The van der Waals surface area contributed by atoms with Gasteiger partial charge in [-0.25, -0.2) is 15.0 Å². The first-order valence-corrected chi connectivity index (χ1v) is 5.98. The standard InChI is InChI=1S/C13H15N4/c1-10-3-8-17(9-4-10)11-2-5-15-13-12(11)14-6-7-16-13/h2,5-7,10H,1,3-4,8-9H2. The van der Waals surface area contributed by atoms with Gasteiger partial charge < -0.3 is 4.90 Å². The van der Waals surface area contributed by atoms with Crippen molar-refractivity contribution in [1.29, 1.82) is 0 Å². The summed E-state index contributed by atoms with van der Waals surface area (Å²) in [5.41, 5.74) is 2.77. The van der Waals surface area contributed by atoms with E-state index in [4.69, 9.17) is 0 Å². The van der Waals surface area contributed by atoms with E-state index in [1.54, 1.807) is 12.4 Å². The molecule has 1 radical (unpaired) electrons. The minimum Gasteiger partial charge on any atom is -0.370 e. The van der Waals surface area contributed by atoms with E-state index in [2.05, 4.69) is 26.8 Å². The molecule has 1 saturated heterocycles. The van der Waals surface area contributed by atoms with E-state index in [9.17, 15) is 0 Å². The topological polar surface area (TPSA) is 41.9 Å². The second kappa shape index (κ2) is 4.28. The lowest BCUT2D eigenvalue weighted by molar-refractivity contribution is 0.476. The Hall–Kier alpha value is -1.71. The van der Waals surface area contributed by atoms with E-state index in [1.807, 2.05) is 12.3 Å². The van der Waals surface area contributed by atoms with Crippen molar-refractivity contribution in [3.05, 3.63) is 31.6 Å². The molecular weight excluding hydrogens is 212 g/mol. The van der Waals surface area contributed by atoms with Crippen molar-refractivity contribution in [2.75, 3.05) is 18.0 Å². The van der Waals surface area contributed by atoms with Crippen LogP contribution < -0.4 is 4.90 Å². The maximum Gasteiger partial charge on any atom is 0.180 e. The first-order valence-electron chi connectivity index (χ1n) is 5.98. The van der Waals surface area contributed by atoms with Crippen LogP contribution in [0.2, 0.25) is 0 Å². The Morgan fingerprint density at radius 2 is 1.76 bits per heavy atom. The number of anilines is 1. The molecule has 0 amide bonds. The molecule has 3 heterocycles. The van der Waals surface area contributed by atoms with Crippen molar-refractivity contribution in [1.82, 2.24) is 15.0 Å². The summed E-state index contributed by atoms with van der Waals surface area (Å²) in [6.07, 6.45) is 7.50.